The Kier molecular flexibility index (Phi) is 5.41. The lowest BCUT2D eigenvalue weighted by molar-refractivity contribution is -0.144. The van der Waals surface area contributed by atoms with Crippen LogP contribution in [0.1, 0.15) is 33.1 Å². The molecule has 2 N–H and O–H groups in total. The third-order valence-electron chi connectivity index (χ3n) is 3.28. The summed E-state index contributed by atoms with van der Waals surface area (Å²) < 4.78 is 0. The van der Waals surface area contributed by atoms with E-state index in [1.807, 2.05) is 11.8 Å². The van der Waals surface area contributed by atoms with E-state index in [0.717, 1.165) is 25.8 Å². The number of carbonyl (C=O) groups is 2. The Labute approximate surface area is 102 Å². The minimum atomic E-state index is -0.820. The van der Waals surface area contributed by atoms with Crippen LogP contribution in [-0.2, 0) is 9.59 Å². The van der Waals surface area contributed by atoms with Gasteiger partial charge in [0, 0.05) is 13.1 Å². The van der Waals surface area contributed by atoms with E-state index in [4.69, 9.17) is 5.11 Å². The molecule has 0 aromatic heterocycles. The quantitative estimate of drug-likeness (QED) is 0.744. The van der Waals surface area contributed by atoms with Crippen LogP contribution in [0.4, 0.5) is 0 Å². The number of carbonyl (C=O) groups excluding carboxylic acids is 1. The van der Waals surface area contributed by atoms with Crippen LogP contribution in [-0.4, -0.2) is 47.6 Å². The molecule has 5 nitrogen and oxygen atoms in total. The van der Waals surface area contributed by atoms with E-state index in [2.05, 4.69) is 5.32 Å². The van der Waals surface area contributed by atoms with Crippen LogP contribution in [0.5, 0.6) is 0 Å². The van der Waals surface area contributed by atoms with E-state index < -0.39 is 12.0 Å². The maximum Gasteiger partial charge on any atom is 0.320 e. The van der Waals surface area contributed by atoms with Crippen molar-refractivity contribution < 1.29 is 14.7 Å². The van der Waals surface area contributed by atoms with Crippen molar-refractivity contribution in [3.8, 4) is 0 Å². The van der Waals surface area contributed by atoms with Crippen molar-refractivity contribution in [3.63, 3.8) is 0 Å². The SMILES string of the molecule is CCCNC(=O)[C@H]1CCCN([C@@H](C)C(=O)O)C1. The van der Waals surface area contributed by atoms with Crippen molar-refractivity contribution in [1.82, 2.24) is 10.2 Å². The first-order chi connectivity index (χ1) is 8.06. The highest BCUT2D eigenvalue weighted by Gasteiger charge is 2.30. The standard InChI is InChI=1S/C12H22N2O3/c1-3-6-13-11(15)10-5-4-7-14(8-10)9(2)12(16)17/h9-10H,3-8H2,1-2H3,(H,13,15)(H,16,17)/t9-,10-/m0/s1. The molecule has 0 saturated carbocycles. The molecule has 98 valence electrons. The van der Waals surface area contributed by atoms with Gasteiger partial charge in [0.1, 0.15) is 6.04 Å². The maximum atomic E-state index is 11.8. The van der Waals surface area contributed by atoms with Crippen LogP contribution < -0.4 is 5.32 Å². The minimum Gasteiger partial charge on any atom is -0.480 e. The number of carboxylic acid groups (broad SMARTS) is 1. The third-order valence-corrected chi connectivity index (χ3v) is 3.28. The molecule has 17 heavy (non-hydrogen) atoms. The van der Waals surface area contributed by atoms with E-state index in [0.29, 0.717) is 13.1 Å². The third kappa shape index (κ3) is 4.00. The highest BCUT2D eigenvalue weighted by molar-refractivity contribution is 5.79. The number of amides is 1. The van der Waals surface area contributed by atoms with Crippen molar-refractivity contribution in [2.45, 2.75) is 39.2 Å². The highest BCUT2D eigenvalue weighted by Crippen LogP contribution is 2.18. The van der Waals surface area contributed by atoms with Crippen LogP contribution >= 0.6 is 0 Å². The van der Waals surface area contributed by atoms with Crippen molar-refractivity contribution >= 4 is 11.9 Å². The predicted octanol–water partition coefficient (Wildman–Crippen LogP) is 0.698. The Morgan fingerprint density at radius 2 is 2.24 bits per heavy atom. The zero-order valence-corrected chi connectivity index (χ0v) is 10.6. The fraction of sp³-hybridized carbons (Fsp3) is 0.833. The topological polar surface area (TPSA) is 69.6 Å². The second-order valence-corrected chi connectivity index (χ2v) is 4.64. The van der Waals surface area contributed by atoms with Crippen LogP contribution in [0.25, 0.3) is 0 Å². The van der Waals surface area contributed by atoms with Crippen molar-refractivity contribution in [2.24, 2.45) is 5.92 Å². The Hall–Kier alpha value is -1.10. The summed E-state index contributed by atoms with van der Waals surface area (Å²) in [7, 11) is 0. The van der Waals surface area contributed by atoms with Crippen LogP contribution in [0.3, 0.4) is 0 Å². The van der Waals surface area contributed by atoms with E-state index >= 15 is 0 Å². The smallest absolute Gasteiger partial charge is 0.320 e. The summed E-state index contributed by atoms with van der Waals surface area (Å²) in [6.07, 6.45) is 2.67. The second-order valence-electron chi connectivity index (χ2n) is 4.64. The molecule has 2 atom stereocenters. The van der Waals surface area contributed by atoms with E-state index in [9.17, 15) is 9.59 Å². The van der Waals surface area contributed by atoms with Gasteiger partial charge in [-0.2, -0.15) is 0 Å². The first-order valence-electron chi connectivity index (χ1n) is 6.30. The maximum absolute atomic E-state index is 11.8. The lowest BCUT2D eigenvalue weighted by Gasteiger charge is -2.34. The van der Waals surface area contributed by atoms with Crippen LogP contribution in [0, 0.1) is 5.92 Å². The normalized spacial score (nSPS) is 23.1. The molecule has 1 aliphatic rings. The molecule has 1 saturated heterocycles. The fourth-order valence-electron chi connectivity index (χ4n) is 2.12. The van der Waals surface area contributed by atoms with Gasteiger partial charge in [-0.3, -0.25) is 14.5 Å². The zero-order chi connectivity index (χ0) is 12.8. The number of piperidine rings is 1. The molecule has 1 aliphatic heterocycles. The molecule has 0 radical (unpaired) electrons. The average molecular weight is 242 g/mol. The highest BCUT2D eigenvalue weighted by atomic mass is 16.4. The van der Waals surface area contributed by atoms with Crippen molar-refractivity contribution in [1.29, 1.82) is 0 Å². The Morgan fingerprint density at radius 1 is 1.53 bits per heavy atom. The number of aliphatic carboxylic acids is 1. The van der Waals surface area contributed by atoms with E-state index in [1.165, 1.54) is 0 Å². The van der Waals surface area contributed by atoms with Gasteiger partial charge in [0.2, 0.25) is 5.91 Å². The number of hydrogen-bond acceptors (Lipinski definition) is 3. The number of rotatable bonds is 5. The van der Waals surface area contributed by atoms with Crippen LogP contribution in [0.2, 0.25) is 0 Å². The number of nitrogens with zero attached hydrogens (tertiary/aromatic N) is 1. The van der Waals surface area contributed by atoms with Gasteiger partial charge in [0.25, 0.3) is 0 Å². The lowest BCUT2D eigenvalue weighted by atomic mass is 9.96. The monoisotopic (exact) mass is 242 g/mol. The Balaban J connectivity index is 2.48. The Bertz CT molecular complexity index is 281. The van der Waals surface area contributed by atoms with Gasteiger partial charge in [-0.05, 0) is 32.7 Å². The summed E-state index contributed by atoms with van der Waals surface area (Å²) in [5, 5.41) is 11.8. The lowest BCUT2D eigenvalue weighted by Crippen LogP contribution is -2.48. The molecule has 1 rings (SSSR count). The summed E-state index contributed by atoms with van der Waals surface area (Å²) in [5.41, 5.74) is 0. The molecule has 5 heteroatoms. The summed E-state index contributed by atoms with van der Waals surface area (Å²) >= 11 is 0. The molecule has 0 spiro atoms. The van der Waals surface area contributed by atoms with E-state index in [-0.39, 0.29) is 11.8 Å². The van der Waals surface area contributed by atoms with Gasteiger partial charge < -0.3 is 10.4 Å². The molecular formula is C12H22N2O3. The first-order valence-corrected chi connectivity index (χ1v) is 6.30. The molecule has 1 heterocycles. The van der Waals surface area contributed by atoms with Crippen molar-refractivity contribution in [3.05, 3.63) is 0 Å². The zero-order valence-electron chi connectivity index (χ0n) is 10.6. The summed E-state index contributed by atoms with van der Waals surface area (Å²) in [6, 6.07) is -0.503. The molecular weight excluding hydrogens is 220 g/mol. The number of carboxylic acids is 1. The van der Waals surface area contributed by atoms with Gasteiger partial charge in [0.15, 0.2) is 0 Å². The number of nitrogens with one attached hydrogen (secondary N) is 1. The molecule has 0 aromatic rings. The Morgan fingerprint density at radius 3 is 2.82 bits per heavy atom. The molecule has 0 unspecified atom stereocenters. The van der Waals surface area contributed by atoms with Gasteiger partial charge in [-0.1, -0.05) is 6.92 Å². The largest absolute Gasteiger partial charge is 0.480 e. The summed E-state index contributed by atoms with van der Waals surface area (Å²) in [4.78, 5) is 24.6. The summed E-state index contributed by atoms with van der Waals surface area (Å²) in [6.45, 7) is 5.71. The first kappa shape index (κ1) is 14.0. The molecule has 1 fully saturated rings. The van der Waals surface area contributed by atoms with Gasteiger partial charge in [0.05, 0.1) is 5.92 Å². The van der Waals surface area contributed by atoms with Gasteiger partial charge in [-0.15, -0.1) is 0 Å². The molecule has 1 amide bonds. The van der Waals surface area contributed by atoms with E-state index in [1.54, 1.807) is 6.92 Å². The second kappa shape index (κ2) is 6.59. The molecule has 0 aliphatic carbocycles. The number of hydrogen-bond donors (Lipinski definition) is 2. The average Bonchev–Trinajstić information content (AvgIpc) is 2.35. The van der Waals surface area contributed by atoms with Gasteiger partial charge >= 0.3 is 5.97 Å². The summed E-state index contributed by atoms with van der Waals surface area (Å²) in [5.74, 6) is -0.814. The van der Waals surface area contributed by atoms with Gasteiger partial charge in [-0.25, -0.2) is 0 Å². The van der Waals surface area contributed by atoms with Crippen molar-refractivity contribution in [2.75, 3.05) is 19.6 Å². The molecule has 0 aromatic carbocycles. The number of likely N-dealkylation sites (tertiary alicyclic amines) is 1. The predicted molar refractivity (Wildman–Crippen MR) is 64.7 cm³/mol. The molecule has 0 bridgehead atoms. The van der Waals surface area contributed by atoms with Crippen LogP contribution in [0.15, 0.2) is 0 Å². The fourth-order valence-corrected chi connectivity index (χ4v) is 2.12. The minimum absolute atomic E-state index is 0.0582.